The van der Waals surface area contributed by atoms with Crippen LogP contribution in [0.2, 0.25) is 0 Å². The molecule has 3 aliphatic rings. The molecule has 14 heteroatoms. The number of aryl methyl sites for hydroxylation is 1. The highest BCUT2D eigenvalue weighted by Gasteiger charge is 2.41. The SMILES string of the molecule is CCn1c(-c2cccnc2[C@H](C)OC)c2c3cc(ccc31)-c1cc(O)cc(c1)CC(NC(=O)[C@H](C(C)C)N(C)C(=O)[C@H]1CN[C@@H]1C)C(=O)N1CCC[C@H](N1)C(=O)OCC(C)(C)C2. The minimum absolute atomic E-state index is 0.000326. The summed E-state index contributed by atoms with van der Waals surface area (Å²) >= 11 is 0. The molecule has 6 bridgehead atoms. The Bertz CT molecular complexity index is 2340. The fraction of sp³-hybridized carbons (Fsp3) is 0.521. The van der Waals surface area contributed by atoms with Gasteiger partial charge >= 0.3 is 5.97 Å². The minimum atomic E-state index is -1.11. The number of amides is 3. The Labute approximate surface area is 364 Å². The molecule has 0 radical (unpaired) electrons. The number of ether oxygens (including phenoxy) is 2. The average molecular weight is 850 g/mol. The standard InChI is InChI=1S/C48H63N7O7/c1-10-54-40-16-15-31-23-35(40)36(43(54)34-13-11-17-49-41(34)29(5)61-9)24-48(6,7)26-62-47(60)38-14-12-18-55(52-38)46(59)39(21-30-19-32(31)22-33(56)20-30)51-44(57)42(27(2)3)53(8)45(58)37-25-50-28(37)4/h11,13,15-17,19-20,22-23,27-29,37-39,42,50,52,56H,10,12,14,18,21,24-26H2,1-9H3,(H,51,57)/t28-,29+,37+,38+,39?,42+/m1/s1. The van der Waals surface area contributed by atoms with Crippen molar-refractivity contribution in [3.8, 4) is 28.1 Å². The monoisotopic (exact) mass is 849 g/mol. The molecule has 6 atom stereocenters. The number of fused-ring (bicyclic) bond motifs is 6. The van der Waals surface area contributed by atoms with Gasteiger partial charge in [0, 0.05) is 74.3 Å². The number of methoxy groups -OCH3 is 1. The van der Waals surface area contributed by atoms with Gasteiger partial charge in [-0.3, -0.25) is 29.2 Å². The lowest BCUT2D eigenvalue weighted by Gasteiger charge is -2.40. The largest absolute Gasteiger partial charge is 0.508 e. The first-order chi connectivity index (χ1) is 29.5. The van der Waals surface area contributed by atoms with Crippen molar-refractivity contribution in [2.45, 2.75) is 111 Å². The van der Waals surface area contributed by atoms with Crippen LogP contribution < -0.4 is 16.1 Å². The molecule has 5 heterocycles. The van der Waals surface area contributed by atoms with Gasteiger partial charge in [0.05, 0.1) is 30.0 Å². The van der Waals surface area contributed by atoms with Gasteiger partial charge in [0.15, 0.2) is 0 Å². The van der Waals surface area contributed by atoms with E-state index >= 15 is 0 Å². The lowest BCUT2D eigenvalue weighted by atomic mass is 9.84. The van der Waals surface area contributed by atoms with Crippen LogP contribution in [0.15, 0.2) is 54.7 Å². The predicted molar refractivity (Wildman–Crippen MR) is 238 cm³/mol. The van der Waals surface area contributed by atoms with Gasteiger partial charge in [-0.25, -0.2) is 5.43 Å². The van der Waals surface area contributed by atoms with Crippen molar-refractivity contribution in [1.82, 2.24) is 35.5 Å². The number of phenols is 1. The maximum absolute atomic E-state index is 14.6. The Hall–Kier alpha value is -5.31. The summed E-state index contributed by atoms with van der Waals surface area (Å²) in [5.74, 6) is -1.98. The van der Waals surface area contributed by atoms with Gasteiger partial charge in [-0.1, -0.05) is 39.8 Å². The highest BCUT2D eigenvalue weighted by molar-refractivity contribution is 5.96. The van der Waals surface area contributed by atoms with E-state index in [0.717, 1.165) is 44.5 Å². The summed E-state index contributed by atoms with van der Waals surface area (Å²) in [5.41, 5.74) is 9.71. The van der Waals surface area contributed by atoms with Crippen molar-refractivity contribution in [2.75, 3.05) is 33.9 Å². The number of hydrogen-bond donors (Lipinski definition) is 4. The number of hydrazine groups is 1. The van der Waals surface area contributed by atoms with Crippen LogP contribution in [0.25, 0.3) is 33.3 Å². The van der Waals surface area contributed by atoms with Gasteiger partial charge in [-0.15, -0.1) is 0 Å². The Morgan fingerprint density at radius 2 is 1.89 bits per heavy atom. The molecular formula is C48H63N7O7. The van der Waals surface area contributed by atoms with E-state index in [4.69, 9.17) is 14.5 Å². The first kappa shape index (κ1) is 44.7. The second-order valence-corrected chi connectivity index (χ2v) is 18.5. The summed E-state index contributed by atoms with van der Waals surface area (Å²) in [6.07, 6.45) is 3.10. The third-order valence-corrected chi connectivity index (χ3v) is 12.9. The highest BCUT2D eigenvalue weighted by atomic mass is 16.5. The Morgan fingerprint density at radius 1 is 1.11 bits per heavy atom. The zero-order valence-corrected chi connectivity index (χ0v) is 37.6. The molecule has 3 amide bonds. The van der Waals surface area contributed by atoms with Crippen molar-refractivity contribution < 1.29 is 33.8 Å². The van der Waals surface area contributed by atoms with E-state index < -0.39 is 41.3 Å². The molecule has 3 aliphatic heterocycles. The molecule has 4 aromatic rings. The molecule has 1 unspecified atom stereocenters. The van der Waals surface area contributed by atoms with Crippen LogP contribution in [-0.4, -0.2) is 106 Å². The summed E-state index contributed by atoms with van der Waals surface area (Å²) in [5, 5.41) is 19.9. The van der Waals surface area contributed by atoms with Crippen LogP contribution >= 0.6 is 0 Å². The molecular weight excluding hydrogens is 787 g/mol. The first-order valence-corrected chi connectivity index (χ1v) is 22.0. The van der Waals surface area contributed by atoms with E-state index in [9.17, 15) is 24.3 Å². The van der Waals surface area contributed by atoms with E-state index in [1.165, 1.54) is 9.91 Å². The van der Waals surface area contributed by atoms with Crippen molar-refractivity contribution >= 4 is 34.6 Å². The Balaban J connectivity index is 1.35. The third kappa shape index (κ3) is 8.95. The van der Waals surface area contributed by atoms with Crippen molar-refractivity contribution in [3.05, 3.63) is 71.5 Å². The number of carbonyl (C=O) groups excluding carboxylic acids is 4. The van der Waals surface area contributed by atoms with Gasteiger partial charge in [0.1, 0.15) is 23.9 Å². The molecule has 4 N–H and O–H groups in total. The van der Waals surface area contributed by atoms with Crippen LogP contribution in [0.4, 0.5) is 0 Å². The number of phenolic OH excluding ortho intramolecular Hbond substituents is 1. The number of rotatable bonds is 9. The van der Waals surface area contributed by atoms with Gasteiger partial charge in [0.25, 0.3) is 5.91 Å². The fourth-order valence-electron chi connectivity index (χ4n) is 9.42. The second-order valence-electron chi connectivity index (χ2n) is 18.5. The summed E-state index contributed by atoms with van der Waals surface area (Å²) in [6.45, 7) is 15.6. The number of benzene rings is 2. The number of carbonyl (C=O) groups is 4. The summed E-state index contributed by atoms with van der Waals surface area (Å²) in [6, 6.07) is 12.8. The lowest BCUT2D eigenvalue weighted by Crippen LogP contribution is -2.63. The molecule has 0 aliphatic carbocycles. The Morgan fingerprint density at radius 3 is 2.56 bits per heavy atom. The van der Waals surface area contributed by atoms with Gasteiger partial charge < -0.3 is 34.7 Å². The van der Waals surface area contributed by atoms with Crippen LogP contribution in [-0.2, 0) is 48.0 Å². The van der Waals surface area contributed by atoms with Gasteiger partial charge in [0.2, 0.25) is 11.8 Å². The number of aromatic hydroxyl groups is 1. The highest BCUT2D eigenvalue weighted by Crippen LogP contribution is 2.42. The number of nitrogens with zero attached hydrogens (tertiary/aromatic N) is 4. The fourth-order valence-corrected chi connectivity index (χ4v) is 9.42. The quantitative estimate of drug-likeness (QED) is 0.157. The van der Waals surface area contributed by atoms with Gasteiger partial charge in [-0.2, -0.15) is 0 Å². The number of nitrogens with one attached hydrogen (secondary N) is 3. The summed E-state index contributed by atoms with van der Waals surface area (Å²) in [7, 11) is 3.32. The summed E-state index contributed by atoms with van der Waals surface area (Å²) < 4.78 is 14.2. The second kappa shape index (κ2) is 18.2. The van der Waals surface area contributed by atoms with E-state index in [2.05, 4.69) is 59.6 Å². The van der Waals surface area contributed by atoms with E-state index in [0.29, 0.717) is 44.5 Å². The number of cyclic esters (lactones) is 1. The molecule has 0 spiro atoms. The number of hydrogen-bond acceptors (Lipinski definition) is 10. The maximum atomic E-state index is 14.6. The zero-order valence-electron chi connectivity index (χ0n) is 37.6. The topological polar surface area (TPSA) is 167 Å². The molecule has 2 aromatic carbocycles. The number of pyridine rings is 1. The van der Waals surface area contributed by atoms with Crippen molar-refractivity contribution in [3.63, 3.8) is 0 Å². The number of aromatic nitrogens is 2. The van der Waals surface area contributed by atoms with E-state index in [-0.39, 0.29) is 48.7 Å². The maximum Gasteiger partial charge on any atom is 0.324 e. The molecule has 7 rings (SSSR count). The number of esters is 1. The van der Waals surface area contributed by atoms with Crippen LogP contribution in [0, 0.1) is 17.3 Å². The third-order valence-electron chi connectivity index (χ3n) is 12.9. The van der Waals surface area contributed by atoms with Crippen LogP contribution in [0.1, 0.15) is 84.2 Å². The molecule has 332 valence electrons. The molecule has 62 heavy (non-hydrogen) atoms. The van der Waals surface area contributed by atoms with E-state index in [1.54, 1.807) is 32.5 Å². The number of likely N-dealkylation sites (N-methyl/N-ethyl adjacent to an activating group) is 1. The zero-order chi connectivity index (χ0) is 44.6. The average Bonchev–Trinajstić information content (AvgIpc) is 3.54. The first-order valence-electron chi connectivity index (χ1n) is 22.0. The van der Waals surface area contributed by atoms with Crippen LogP contribution in [0.3, 0.4) is 0 Å². The molecule has 2 fully saturated rings. The normalized spacial score (nSPS) is 22.6. The molecule has 0 saturated carbocycles. The molecule has 2 aromatic heterocycles. The smallest absolute Gasteiger partial charge is 0.324 e. The van der Waals surface area contributed by atoms with Crippen molar-refractivity contribution in [2.24, 2.45) is 17.3 Å². The van der Waals surface area contributed by atoms with E-state index in [1.807, 2.05) is 45.9 Å². The van der Waals surface area contributed by atoms with Gasteiger partial charge in [-0.05, 0) is 105 Å². The minimum Gasteiger partial charge on any atom is -0.508 e. The molecule has 14 nitrogen and oxygen atoms in total. The molecule has 2 saturated heterocycles. The summed E-state index contributed by atoms with van der Waals surface area (Å²) in [4.78, 5) is 62.7. The predicted octanol–water partition coefficient (Wildman–Crippen LogP) is 5.54. The Kier molecular flexibility index (Phi) is 13.1. The van der Waals surface area contributed by atoms with Crippen molar-refractivity contribution in [1.29, 1.82) is 0 Å². The van der Waals surface area contributed by atoms with Crippen LogP contribution in [0.5, 0.6) is 5.75 Å². The lowest BCUT2D eigenvalue weighted by molar-refractivity contribution is -0.155.